The number of methoxy groups -OCH3 is 1. The fourth-order valence-corrected chi connectivity index (χ4v) is 2.96. The smallest absolute Gasteiger partial charge is 0.339 e. The SMILES string of the molecule is COC(=O)c1ccc(CN=C(N)Nc2cc(C)cc(C)c2)nc1C1CC1.I. The van der Waals surface area contributed by atoms with Crippen molar-refractivity contribution >= 4 is 41.6 Å². The molecule has 6 nitrogen and oxygen atoms in total. The van der Waals surface area contributed by atoms with E-state index < -0.39 is 0 Å². The van der Waals surface area contributed by atoms with Crippen LogP contribution >= 0.6 is 24.0 Å². The van der Waals surface area contributed by atoms with Crippen LogP contribution in [0.25, 0.3) is 0 Å². The van der Waals surface area contributed by atoms with Crippen LogP contribution in [-0.4, -0.2) is 24.0 Å². The number of nitrogens with zero attached hydrogens (tertiary/aromatic N) is 2. The molecule has 1 aromatic carbocycles. The first kappa shape index (κ1) is 21.1. The monoisotopic (exact) mass is 480 g/mol. The van der Waals surface area contributed by atoms with Crippen molar-refractivity contribution in [3.63, 3.8) is 0 Å². The van der Waals surface area contributed by atoms with Gasteiger partial charge in [0.2, 0.25) is 0 Å². The number of aryl methyl sites for hydroxylation is 2. The van der Waals surface area contributed by atoms with Crippen LogP contribution in [0, 0.1) is 13.8 Å². The van der Waals surface area contributed by atoms with Crippen LogP contribution in [0.5, 0.6) is 0 Å². The molecule has 0 spiro atoms. The number of aromatic nitrogens is 1. The Morgan fingerprint density at radius 2 is 1.93 bits per heavy atom. The molecule has 0 unspecified atom stereocenters. The quantitative estimate of drug-likeness (QED) is 0.293. The number of carbonyl (C=O) groups excluding carboxylic acids is 1. The summed E-state index contributed by atoms with van der Waals surface area (Å²) in [6.45, 7) is 4.43. The fraction of sp³-hybridized carbons (Fsp3) is 0.350. The zero-order valence-corrected chi connectivity index (χ0v) is 18.1. The lowest BCUT2D eigenvalue weighted by atomic mass is 10.1. The third-order valence-electron chi connectivity index (χ3n) is 4.26. The highest BCUT2D eigenvalue weighted by Gasteiger charge is 2.30. The van der Waals surface area contributed by atoms with Gasteiger partial charge in [-0.3, -0.25) is 4.98 Å². The average molecular weight is 480 g/mol. The van der Waals surface area contributed by atoms with Crippen LogP contribution in [0.15, 0.2) is 35.3 Å². The van der Waals surface area contributed by atoms with Crippen molar-refractivity contribution in [2.24, 2.45) is 10.7 Å². The Bertz CT molecular complexity index is 843. The number of esters is 1. The number of hydrogen-bond donors (Lipinski definition) is 2. The van der Waals surface area contributed by atoms with Gasteiger partial charge in [-0.25, -0.2) is 9.79 Å². The molecular weight excluding hydrogens is 455 g/mol. The lowest BCUT2D eigenvalue weighted by molar-refractivity contribution is 0.0598. The van der Waals surface area contributed by atoms with Crippen molar-refractivity contribution in [3.8, 4) is 0 Å². The highest BCUT2D eigenvalue weighted by atomic mass is 127. The molecule has 0 bridgehead atoms. The van der Waals surface area contributed by atoms with E-state index in [4.69, 9.17) is 10.5 Å². The minimum Gasteiger partial charge on any atom is -0.465 e. The first-order chi connectivity index (χ1) is 12.5. The van der Waals surface area contributed by atoms with Gasteiger partial charge in [0.15, 0.2) is 5.96 Å². The number of benzene rings is 1. The second-order valence-electron chi connectivity index (χ2n) is 6.70. The van der Waals surface area contributed by atoms with Crippen LogP contribution in [0.3, 0.4) is 0 Å². The van der Waals surface area contributed by atoms with E-state index in [1.807, 2.05) is 26.0 Å². The summed E-state index contributed by atoms with van der Waals surface area (Å²) >= 11 is 0. The largest absolute Gasteiger partial charge is 0.465 e. The third kappa shape index (κ3) is 5.66. The minimum atomic E-state index is -0.342. The number of halogens is 1. The molecule has 7 heteroatoms. The van der Waals surface area contributed by atoms with Crippen LogP contribution in [0.1, 0.15) is 51.6 Å². The van der Waals surface area contributed by atoms with Gasteiger partial charge in [-0.15, -0.1) is 24.0 Å². The van der Waals surface area contributed by atoms with Gasteiger partial charge in [0.05, 0.1) is 30.6 Å². The van der Waals surface area contributed by atoms with E-state index in [0.717, 1.165) is 41.0 Å². The topological polar surface area (TPSA) is 89.6 Å². The normalized spacial score (nSPS) is 13.7. The van der Waals surface area contributed by atoms with Gasteiger partial charge in [-0.05, 0) is 62.1 Å². The average Bonchev–Trinajstić information content (AvgIpc) is 3.43. The van der Waals surface area contributed by atoms with Crippen molar-refractivity contribution < 1.29 is 9.53 Å². The summed E-state index contributed by atoms with van der Waals surface area (Å²) < 4.78 is 4.84. The number of carbonyl (C=O) groups is 1. The molecule has 0 radical (unpaired) electrons. The molecule has 1 fully saturated rings. The summed E-state index contributed by atoms with van der Waals surface area (Å²) in [5.74, 6) is 0.339. The van der Waals surface area contributed by atoms with Gasteiger partial charge >= 0.3 is 5.97 Å². The van der Waals surface area contributed by atoms with Gasteiger partial charge in [-0.1, -0.05) is 6.07 Å². The molecule has 3 N–H and O–H groups in total. The van der Waals surface area contributed by atoms with Crippen molar-refractivity contribution in [1.82, 2.24) is 4.98 Å². The Morgan fingerprint density at radius 3 is 2.52 bits per heavy atom. The Kier molecular flexibility index (Phi) is 7.18. The Labute approximate surface area is 176 Å². The number of nitrogens with two attached hydrogens (primary N) is 1. The van der Waals surface area contributed by atoms with Gasteiger partial charge in [0.1, 0.15) is 0 Å². The molecule has 27 heavy (non-hydrogen) atoms. The summed E-state index contributed by atoms with van der Waals surface area (Å²) in [7, 11) is 1.39. The standard InChI is InChI=1S/C20H24N4O2.HI/c1-12-8-13(2)10-16(9-12)24-20(21)22-11-15-6-7-17(19(25)26-3)18(23-15)14-4-5-14;/h6-10,14H,4-5,11H2,1-3H3,(H3,21,22,24);1H. The minimum absolute atomic E-state index is 0. The molecule has 1 aliphatic carbocycles. The molecule has 1 saturated carbocycles. The van der Waals surface area contributed by atoms with Crippen LogP contribution in [-0.2, 0) is 11.3 Å². The van der Waals surface area contributed by atoms with Gasteiger partial charge in [-0.2, -0.15) is 0 Å². The summed E-state index contributed by atoms with van der Waals surface area (Å²) in [5.41, 5.74) is 11.4. The summed E-state index contributed by atoms with van der Waals surface area (Å²) in [5, 5.41) is 3.11. The number of pyridine rings is 1. The number of nitrogens with one attached hydrogen (secondary N) is 1. The molecular formula is C20H25IN4O2. The molecule has 1 aromatic heterocycles. The van der Waals surface area contributed by atoms with E-state index in [9.17, 15) is 4.79 Å². The second-order valence-corrected chi connectivity index (χ2v) is 6.70. The molecule has 3 rings (SSSR count). The second kappa shape index (κ2) is 9.16. The maximum Gasteiger partial charge on any atom is 0.339 e. The zero-order valence-electron chi connectivity index (χ0n) is 15.8. The highest BCUT2D eigenvalue weighted by molar-refractivity contribution is 14.0. The molecule has 1 aliphatic rings. The fourth-order valence-electron chi connectivity index (χ4n) is 2.96. The van der Waals surface area contributed by atoms with E-state index in [1.54, 1.807) is 12.1 Å². The summed E-state index contributed by atoms with van der Waals surface area (Å²) in [6.07, 6.45) is 2.11. The van der Waals surface area contributed by atoms with Gasteiger partial charge in [0, 0.05) is 11.6 Å². The van der Waals surface area contributed by atoms with Crippen molar-refractivity contribution in [3.05, 3.63) is 58.4 Å². The Hall–Kier alpha value is -2.16. The number of hydrogen-bond acceptors (Lipinski definition) is 4. The molecule has 0 aliphatic heterocycles. The zero-order chi connectivity index (χ0) is 18.7. The van der Waals surface area contributed by atoms with Crippen molar-refractivity contribution in [2.75, 3.05) is 12.4 Å². The summed E-state index contributed by atoms with van der Waals surface area (Å²) in [6, 6.07) is 9.70. The maximum atomic E-state index is 11.9. The number of rotatable bonds is 5. The van der Waals surface area contributed by atoms with Gasteiger partial charge < -0.3 is 15.8 Å². The Balaban J connectivity index is 0.00000261. The van der Waals surface area contributed by atoms with Crippen LogP contribution < -0.4 is 11.1 Å². The first-order valence-electron chi connectivity index (χ1n) is 8.69. The number of ether oxygens (including phenoxy) is 1. The number of guanidine groups is 1. The first-order valence-corrected chi connectivity index (χ1v) is 8.69. The summed E-state index contributed by atoms with van der Waals surface area (Å²) in [4.78, 5) is 20.9. The number of aliphatic imine (C=N–C) groups is 1. The molecule has 1 heterocycles. The van der Waals surface area contributed by atoms with Crippen LogP contribution in [0.4, 0.5) is 5.69 Å². The predicted octanol–water partition coefficient (Wildman–Crippen LogP) is 3.91. The molecule has 144 valence electrons. The number of anilines is 1. The van der Waals surface area contributed by atoms with Crippen molar-refractivity contribution in [1.29, 1.82) is 0 Å². The van der Waals surface area contributed by atoms with Gasteiger partial charge in [0.25, 0.3) is 0 Å². The Morgan fingerprint density at radius 1 is 1.26 bits per heavy atom. The third-order valence-corrected chi connectivity index (χ3v) is 4.26. The highest BCUT2D eigenvalue weighted by Crippen LogP contribution is 2.40. The van der Waals surface area contributed by atoms with Crippen molar-refractivity contribution in [2.45, 2.75) is 39.2 Å². The van der Waals surface area contributed by atoms with E-state index in [-0.39, 0.29) is 29.9 Å². The molecule has 0 atom stereocenters. The van der Waals surface area contributed by atoms with E-state index in [1.165, 1.54) is 7.11 Å². The van der Waals surface area contributed by atoms with E-state index in [2.05, 4.69) is 21.4 Å². The lowest BCUT2D eigenvalue weighted by Gasteiger charge is -2.09. The molecule has 0 saturated heterocycles. The van der Waals surface area contributed by atoms with Crippen LogP contribution in [0.2, 0.25) is 0 Å². The van der Waals surface area contributed by atoms with E-state index in [0.29, 0.717) is 24.0 Å². The lowest BCUT2D eigenvalue weighted by Crippen LogP contribution is -2.22. The van der Waals surface area contributed by atoms with E-state index >= 15 is 0 Å². The predicted molar refractivity (Wildman–Crippen MR) is 118 cm³/mol. The maximum absolute atomic E-state index is 11.9. The molecule has 0 amide bonds. The molecule has 2 aromatic rings.